The zero-order valence-corrected chi connectivity index (χ0v) is 15.9. The molecular formula is C19H14Cl2N2O4. The molecule has 27 heavy (non-hydrogen) atoms. The molecule has 1 fully saturated rings. The Labute approximate surface area is 165 Å². The van der Waals surface area contributed by atoms with E-state index in [2.05, 4.69) is 5.32 Å². The minimum absolute atomic E-state index is 0.212. The van der Waals surface area contributed by atoms with E-state index in [4.69, 9.17) is 27.9 Å². The lowest BCUT2D eigenvalue weighted by Gasteiger charge is -2.26. The third-order valence-corrected chi connectivity index (χ3v) is 4.58. The number of hydrogen-bond donors (Lipinski definition) is 1. The van der Waals surface area contributed by atoms with Gasteiger partial charge >= 0.3 is 6.03 Å². The third kappa shape index (κ3) is 3.82. The normalized spacial score (nSPS) is 15.9. The molecule has 0 atom stereocenters. The van der Waals surface area contributed by atoms with E-state index in [-0.39, 0.29) is 11.3 Å². The quantitative estimate of drug-likeness (QED) is 0.619. The van der Waals surface area contributed by atoms with Crippen molar-refractivity contribution in [3.63, 3.8) is 0 Å². The predicted octanol–water partition coefficient (Wildman–Crippen LogP) is 3.98. The molecule has 2 aromatic carbocycles. The van der Waals surface area contributed by atoms with E-state index in [9.17, 15) is 14.4 Å². The van der Waals surface area contributed by atoms with Crippen LogP contribution < -0.4 is 15.0 Å². The van der Waals surface area contributed by atoms with Gasteiger partial charge in [-0.2, -0.15) is 0 Å². The van der Waals surface area contributed by atoms with Crippen molar-refractivity contribution in [3.05, 3.63) is 63.1 Å². The lowest BCUT2D eigenvalue weighted by Crippen LogP contribution is -2.54. The van der Waals surface area contributed by atoms with Gasteiger partial charge in [-0.1, -0.05) is 29.3 Å². The molecule has 0 bridgehead atoms. The zero-order chi connectivity index (χ0) is 19.7. The highest BCUT2D eigenvalue weighted by molar-refractivity contribution is 6.39. The van der Waals surface area contributed by atoms with E-state index in [1.54, 1.807) is 37.3 Å². The van der Waals surface area contributed by atoms with E-state index in [1.807, 2.05) is 0 Å². The number of benzene rings is 2. The van der Waals surface area contributed by atoms with Gasteiger partial charge in [0, 0.05) is 10.0 Å². The van der Waals surface area contributed by atoms with Gasteiger partial charge in [-0.05, 0) is 54.5 Å². The Bertz CT molecular complexity index is 1000. The van der Waals surface area contributed by atoms with Crippen molar-refractivity contribution >= 4 is 52.8 Å². The number of imide groups is 2. The molecule has 0 saturated carbocycles. The van der Waals surface area contributed by atoms with Crippen LogP contribution in [0.5, 0.6) is 5.75 Å². The summed E-state index contributed by atoms with van der Waals surface area (Å²) in [6.07, 6.45) is 1.35. The van der Waals surface area contributed by atoms with Crippen molar-refractivity contribution in [1.29, 1.82) is 0 Å². The van der Waals surface area contributed by atoms with E-state index in [0.29, 0.717) is 21.4 Å². The summed E-state index contributed by atoms with van der Waals surface area (Å²) in [6, 6.07) is 8.69. The largest absolute Gasteiger partial charge is 0.497 e. The first-order chi connectivity index (χ1) is 12.8. The second kappa shape index (κ2) is 7.42. The molecule has 1 aliphatic rings. The summed E-state index contributed by atoms with van der Waals surface area (Å²) in [5.74, 6) is -1.09. The van der Waals surface area contributed by atoms with E-state index in [0.717, 1.165) is 10.5 Å². The number of methoxy groups -OCH3 is 1. The fraction of sp³-hybridized carbons (Fsp3) is 0.105. The van der Waals surface area contributed by atoms with Crippen LogP contribution in [0.1, 0.15) is 11.1 Å². The fourth-order valence-corrected chi connectivity index (χ4v) is 2.97. The Hall–Kier alpha value is -2.83. The number of nitrogens with one attached hydrogen (secondary N) is 1. The summed E-state index contributed by atoms with van der Waals surface area (Å²) in [5.41, 5.74) is 1.32. The number of carbonyl (C=O) groups is 3. The van der Waals surface area contributed by atoms with Crippen LogP contribution in [-0.4, -0.2) is 25.0 Å². The summed E-state index contributed by atoms with van der Waals surface area (Å²) >= 11 is 12.1. The number of aryl methyl sites for hydroxylation is 1. The highest BCUT2D eigenvalue weighted by Gasteiger charge is 2.37. The molecule has 2 aromatic rings. The number of anilines is 1. The average molecular weight is 405 g/mol. The first-order valence-electron chi connectivity index (χ1n) is 7.82. The van der Waals surface area contributed by atoms with Crippen LogP contribution in [0.4, 0.5) is 10.5 Å². The Morgan fingerprint density at radius 1 is 1.07 bits per heavy atom. The molecule has 1 N–H and O–H groups in total. The Morgan fingerprint density at radius 2 is 1.81 bits per heavy atom. The molecule has 8 heteroatoms. The maximum Gasteiger partial charge on any atom is 0.335 e. The minimum atomic E-state index is -0.842. The second-order valence-electron chi connectivity index (χ2n) is 5.82. The monoisotopic (exact) mass is 404 g/mol. The summed E-state index contributed by atoms with van der Waals surface area (Å²) in [7, 11) is 1.47. The molecule has 1 heterocycles. The molecule has 1 aliphatic heterocycles. The van der Waals surface area contributed by atoms with Gasteiger partial charge in [0.1, 0.15) is 11.3 Å². The molecule has 0 aromatic heterocycles. The highest BCUT2D eigenvalue weighted by Crippen LogP contribution is 2.28. The number of carbonyl (C=O) groups excluding carboxylic acids is 3. The Kier molecular flexibility index (Phi) is 5.21. The van der Waals surface area contributed by atoms with E-state index < -0.39 is 17.8 Å². The SMILES string of the molecule is COc1cc(Cl)cc(/C=C2\C(=O)NC(=O)N(c3ccc(C)c(Cl)c3)C2=O)c1. The smallest absolute Gasteiger partial charge is 0.335 e. The number of barbiturate groups is 1. The lowest BCUT2D eigenvalue weighted by molar-refractivity contribution is -0.122. The molecule has 6 nitrogen and oxygen atoms in total. The second-order valence-corrected chi connectivity index (χ2v) is 6.66. The van der Waals surface area contributed by atoms with Crippen molar-refractivity contribution in [2.75, 3.05) is 12.0 Å². The van der Waals surface area contributed by atoms with Gasteiger partial charge in [0.2, 0.25) is 0 Å². The predicted molar refractivity (Wildman–Crippen MR) is 103 cm³/mol. The molecular weight excluding hydrogens is 391 g/mol. The molecule has 0 radical (unpaired) electrons. The van der Waals surface area contributed by atoms with Crippen LogP contribution >= 0.6 is 23.2 Å². The number of amides is 4. The van der Waals surface area contributed by atoms with Crippen molar-refractivity contribution in [2.45, 2.75) is 6.92 Å². The topological polar surface area (TPSA) is 75.7 Å². The summed E-state index contributed by atoms with van der Waals surface area (Å²) in [4.78, 5) is 38.2. The minimum Gasteiger partial charge on any atom is -0.497 e. The maximum absolute atomic E-state index is 12.9. The van der Waals surface area contributed by atoms with Crippen LogP contribution in [-0.2, 0) is 9.59 Å². The van der Waals surface area contributed by atoms with Gasteiger partial charge in [0.25, 0.3) is 11.8 Å². The van der Waals surface area contributed by atoms with Gasteiger partial charge in [0.05, 0.1) is 12.8 Å². The van der Waals surface area contributed by atoms with Crippen LogP contribution in [0, 0.1) is 6.92 Å². The summed E-state index contributed by atoms with van der Waals surface area (Å²) < 4.78 is 5.13. The number of halogens is 2. The van der Waals surface area contributed by atoms with Crippen LogP contribution in [0.3, 0.4) is 0 Å². The van der Waals surface area contributed by atoms with Gasteiger partial charge in [-0.15, -0.1) is 0 Å². The number of rotatable bonds is 3. The number of nitrogens with zero attached hydrogens (tertiary/aromatic N) is 1. The molecule has 0 unspecified atom stereocenters. The molecule has 3 rings (SSSR count). The van der Waals surface area contributed by atoms with Crippen LogP contribution in [0.15, 0.2) is 42.0 Å². The Balaban J connectivity index is 2.04. The lowest BCUT2D eigenvalue weighted by atomic mass is 10.1. The summed E-state index contributed by atoms with van der Waals surface area (Å²) in [6.45, 7) is 1.80. The fourth-order valence-electron chi connectivity index (χ4n) is 2.57. The zero-order valence-electron chi connectivity index (χ0n) is 14.4. The van der Waals surface area contributed by atoms with Crippen LogP contribution in [0.25, 0.3) is 6.08 Å². The molecule has 4 amide bonds. The van der Waals surface area contributed by atoms with Gasteiger partial charge in [-0.25, -0.2) is 9.69 Å². The number of ether oxygens (including phenoxy) is 1. The van der Waals surface area contributed by atoms with E-state index in [1.165, 1.54) is 19.3 Å². The summed E-state index contributed by atoms with van der Waals surface area (Å²) in [5, 5.41) is 2.93. The average Bonchev–Trinajstić information content (AvgIpc) is 2.61. The first kappa shape index (κ1) is 18.9. The highest BCUT2D eigenvalue weighted by atomic mass is 35.5. The molecule has 0 spiro atoms. The van der Waals surface area contributed by atoms with Crippen molar-refractivity contribution < 1.29 is 19.1 Å². The van der Waals surface area contributed by atoms with Gasteiger partial charge < -0.3 is 4.74 Å². The number of urea groups is 1. The van der Waals surface area contributed by atoms with Crippen molar-refractivity contribution in [1.82, 2.24) is 5.32 Å². The molecule has 138 valence electrons. The van der Waals surface area contributed by atoms with Crippen molar-refractivity contribution in [3.8, 4) is 5.75 Å². The van der Waals surface area contributed by atoms with Gasteiger partial charge in [-0.3, -0.25) is 14.9 Å². The molecule has 1 saturated heterocycles. The standard InChI is InChI=1S/C19H14Cl2N2O4/c1-10-3-4-13(9-16(10)21)23-18(25)15(17(24)22-19(23)26)7-11-5-12(20)8-14(6-11)27-2/h3-9H,1-2H3,(H,22,24,26)/b15-7+. The van der Waals surface area contributed by atoms with Crippen LogP contribution in [0.2, 0.25) is 10.0 Å². The molecule has 0 aliphatic carbocycles. The van der Waals surface area contributed by atoms with Gasteiger partial charge in [0.15, 0.2) is 0 Å². The Morgan fingerprint density at radius 3 is 2.48 bits per heavy atom. The number of hydrogen-bond acceptors (Lipinski definition) is 4. The van der Waals surface area contributed by atoms with Crippen molar-refractivity contribution in [2.24, 2.45) is 0 Å². The van der Waals surface area contributed by atoms with E-state index >= 15 is 0 Å². The maximum atomic E-state index is 12.9. The first-order valence-corrected chi connectivity index (χ1v) is 8.58. The third-order valence-electron chi connectivity index (χ3n) is 3.96.